The van der Waals surface area contributed by atoms with Crippen molar-refractivity contribution >= 4 is 46.1 Å². The molecule has 1 heterocycles. The molecule has 0 aliphatic heterocycles. The summed E-state index contributed by atoms with van der Waals surface area (Å²) in [4.78, 5) is 9.72. The van der Waals surface area contributed by atoms with Crippen LogP contribution in [0.3, 0.4) is 0 Å². The van der Waals surface area contributed by atoms with Crippen LogP contribution in [0.5, 0.6) is 0 Å². The molecule has 0 bridgehead atoms. The first-order chi connectivity index (χ1) is 14.6. The van der Waals surface area contributed by atoms with E-state index in [1.54, 1.807) is 31.4 Å². The van der Waals surface area contributed by atoms with E-state index >= 15 is 0 Å². The van der Waals surface area contributed by atoms with Crippen LogP contribution in [0.15, 0.2) is 65.7 Å². The lowest BCUT2D eigenvalue weighted by Crippen LogP contribution is -1.98. The molecule has 4 rings (SSSR count). The SMILES string of the molecule is CCc1cc(-c2ccc(NSc3ccccc3Cl)c(F)c2)cc2cnc(NC)nc12. The molecule has 2 N–H and O–H groups in total. The smallest absolute Gasteiger partial charge is 0.222 e. The van der Waals surface area contributed by atoms with Crippen molar-refractivity contribution in [1.29, 1.82) is 0 Å². The van der Waals surface area contributed by atoms with Crippen LogP contribution < -0.4 is 10.0 Å². The predicted octanol–water partition coefficient (Wildman–Crippen LogP) is 6.81. The minimum absolute atomic E-state index is 0.327. The molecule has 3 aromatic carbocycles. The number of nitrogens with one attached hydrogen (secondary N) is 2. The van der Waals surface area contributed by atoms with Gasteiger partial charge in [-0.25, -0.2) is 14.4 Å². The number of benzene rings is 3. The second kappa shape index (κ2) is 8.90. The Bertz CT molecular complexity index is 1220. The third-order valence-electron chi connectivity index (χ3n) is 4.78. The number of hydrogen-bond donors (Lipinski definition) is 2. The Morgan fingerprint density at radius 2 is 1.90 bits per heavy atom. The molecule has 7 heteroatoms. The molecule has 0 fully saturated rings. The van der Waals surface area contributed by atoms with Gasteiger partial charge in [-0.1, -0.05) is 36.7 Å². The Balaban J connectivity index is 1.63. The molecule has 0 aliphatic rings. The Hall–Kier alpha value is -2.83. The van der Waals surface area contributed by atoms with E-state index < -0.39 is 0 Å². The van der Waals surface area contributed by atoms with Crippen LogP contribution in [0, 0.1) is 5.82 Å². The highest BCUT2D eigenvalue weighted by molar-refractivity contribution is 8.00. The standard InChI is InChI=1S/C23H20ClFN4S/c1-3-14-10-16(11-17-13-27-23(26-2)28-22(14)17)15-8-9-20(19(25)12-15)29-30-21-7-5-4-6-18(21)24/h4-13,29H,3H2,1-2H3,(H,26,27,28). The fourth-order valence-corrected chi connectivity index (χ4v) is 4.14. The van der Waals surface area contributed by atoms with Gasteiger partial charge in [0.1, 0.15) is 5.82 Å². The van der Waals surface area contributed by atoms with Crippen LogP contribution in [0.1, 0.15) is 12.5 Å². The molecule has 1 aromatic heterocycles. The van der Waals surface area contributed by atoms with Crippen molar-refractivity contribution in [3.05, 3.63) is 77.2 Å². The highest BCUT2D eigenvalue weighted by atomic mass is 35.5. The number of hydrogen-bond acceptors (Lipinski definition) is 5. The summed E-state index contributed by atoms with van der Waals surface area (Å²) in [5.74, 6) is 0.259. The van der Waals surface area contributed by atoms with Gasteiger partial charge < -0.3 is 10.0 Å². The predicted molar refractivity (Wildman–Crippen MR) is 125 cm³/mol. The van der Waals surface area contributed by atoms with Crippen molar-refractivity contribution < 1.29 is 4.39 Å². The van der Waals surface area contributed by atoms with Gasteiger partial charge in [-0.3, -0.25) is 0 Å². The van der Waals surface area contributed by atoms with E-state index in [-0.39, 0.29) is 5.82 Å². The minimum atomic E-state index is -0.327. The Kier molecular flexibility index (Phi) is 6.06. The summed E-state index contributed by atoms with van der Waals surface area (Å²) in [5, 5.41) is 4.52. The van der Waals surface area contributed by atoms with Gasteiger partial charge in [-0.15, -0.1) is 0 Å². The van der Waals surface area contributed by atoms with Gasteiger partial charge in [-0.05, 0) is 71.5 Å². The van der Waals surface area contributed by atoms with Crippen LogP contribution in [0.2, 0.25) is 5.02 Å². The Morgan fingerprint density at radius 3 is 2.63 bits per heavy atom. The van der Waals surface area contributed by atoms with Crippen LogP contribution in [-0.2, 0) is 6.42 Å². The maximum absolute atomic E-state index is 14.8. The van der Waals surface area contributed by atoms with Gasteiger partial charge in [0.25, 0.3) is 0 Å². The second-order valence-corrected chi connectivity index (χ2v) is 7.95. The molecule has 0 aliphatic carbocycles. The largest absolute Gasteiger partial charge is 0.357 e. The third-order valence-corrected chi connectivity index (χ3v) is 6.12. The van der Waals surface area contributed by atoms with Gasteiger partial charge in [-0.2, -0.15) is 0 Å². The van der Waals surface area contributed by atoms with E-state index in [4.69, 9.17) is 11.6 Å². The lowest BCUT2D eigenvalue weighted by Gasteiger charge is -2.12. The van der Waals surface area contributed by atoms with Crippen molar-refractivity contribution in [3.8, 4) is 11.1 Å². The number of fused-ring (bicyclic) bond motifs is 1. The average Bonchev–Trinajstić information content (AvgIpc) is 2.78. The van der Waals surface area contributed by atoms with Crippen molar-refractivity contribution in [3.63, 3.8) is 0 Å². The minimum Gasteiger partial charge on any atom is -0.357 e. The van der Waals surface area contributed by atoms with Crippen molar-refractivity contribution in [2.24, 2.45) is 0 Å². The molecule has 0 saturated carbocycles. The zero-order valence-corrected chi connectivity index (χ0v) is 18.1. The summed E-state index contributed by atoms with van der Waals surface area (Å²) in [5.41, 5.74) is 4.15. The van der Waals surface area contributed by atoms with Crippen molar-refractivity contribution in [2.75, 3.05) is 17.1 Å². The molecule has 4 aromatic rings. The lowest BCUT2D eigenvalue weighted by atomic mass is 9.98. The quantitative estimate of drug-likeness (QED) is 0.324. The van der Waals surface area contributed by atoms with Crippen molar-refractivity contribution in [1.82, 2.24) is 9.97 Å². The molecular formula is C23H20ClFN4S. The molecular weight excluding hydrogens is 419 g/mol. The van der Waals surface area contributed by atoms with Crippen LogP contribution in [-0.4, -0.2) is 17.0 Å². The molecule has 0 unspecified atom stereocenters. The van der Waals surface area contributed by atoms with Crippen LogP contribution in [0.25, 0.3) is 22.0 Å². The summed E-state index contributed by atoms with van der Waals surface area (Å²) in [6, 6.07) is 16.7. The summed E-state index contributed by atoms with van der Waals surface area (Å²) in [6.45, 7) is 2.08. The van der Waals surface area contributed by atoms with Gasteiger partial charge in [0.15, 0.2) is 0 Å². The first-order valence-corrected chi connectivity index (χ1v) is 10.7. The molecule has 0 amide bonds. The van der Waals surface area contributed by atoms with E-state index in [0.717, 1.165) is 38.9 Å². The van der Waals surface area contributed by atoms with Crippen molar-refractivity contribution in [2.45, 2.75) is 18.2 Å². The van der Waals surface area contributed by atoms with Gasteiger partial charge >= 0.3 is 0 Å². The highest BCUT2D eigenvalue weighted by Gasteiger charge is 2.11. The zero-order chi connectivity index (χ0) is 21.1. The van der Waals surface area contributed by atoms with E-state index in [2.05, 4.69) is 33.0 Å². The molecule has 4 nitrogen and oxygen atoms in total. The Morgan fingerprint density at radius 1 is 1.07 bits per heavy atom. The molecule has 0 spiro atoms. The first-order valence-electron chi connectivity index (χ1n) is 9.53. The van der Waals surface area contributed by atoms with Gasteiger partial charge in [0.05, 0.1) is 16.2 Å². The zero-order valence-electron chi connectivity index (χ0n) is 16.5. The third kappa shape index (κ3) is 4.20. The Labute approximate surface area is 184 Å². The number of nitrogens with zero attached hydrogens (tertiary/aromatic N) is 2. The van der Waals surface area contributed by atoms with Crippen LogP contribution in [0.4, 0.5) is 16.0 Å². The topological polar surface area (TPSA) is 49.8 Å². The van der Waals surface area contributed by atoms with Crippen LogP contribution >= 0.6 is 23.5 Å². The summed E-state index contributed by atoms with van der Waals surface area (Å²) in [6.07, 6.45) is 2.62. The lowest BCUT2D eigenvalue weighted by molar-refractivity contribution is 0.633. The number of halogens is 2. The van der Waals surface area contributed by atoms with E-state index in [1.807, 2.05) is 30.3 Å². The van der Waals surface area contributed by atoms with E-state index in [1.165, 1.54) is 11.9 Å². The fourth-order valence-electron chi connectivity index (χ4n) is 3.19. The summed E-state index contributed by atoms with van der Waals surface area (Å²) >= 11 is 7.45. The summed E-state index contributed by atoms with van der Waals surface area (Å²) < 4.78 is 17.8. The normalized spacial score (nSPS) is 10.9. The van der Waals surface area contributed by atoms with Gasteiger partial charge in [0, 0.05) is 23.5 Å². The molecule has 30 heavy (non-hydrogen) atoms. The number of anilines is 2. The monoisotopic (exact) mass is 438 g/mol. The number of aromatic nitrogens is 2. The fraction of sp³-hybridized carbons (Fsp3) is 0.130. The molecule has 152 valence electrons. The maximum atomic E-state index is 14.8. The summed E-state index contributed by atoms with van der Waals surface area (Å²) in [7, 11) is 1.80. The highest BCUT2D eigenvalue weighted by Crippen LogP contribution is 2.32. The van der Waals surface area contributed by atoms with E-state index in [0.29, 0.717) is 16.7 Å². The van der Waals surface area contributed by atoms with Gasteiger partial charge in [0.2, 0.25) is 5.95 Å². The molecule has 0 saturated heterocycles. The number of rotatable bonds is 6. The van der Waals surface area contributed by atoms with E-state index in [9.17, 15) is 4.39 Å². The molecule has 0 radical (unpaired) electrons. The molecule has 0 atom stereocenters. The average molecular weight is 439 g/mol. The second-order valence-electron chi connectivity index (χ2n) is 6.70. The maximum Gasteiger partial charge on any atom is 0.222 e. The number of aryl methyl sites for hydroxylation is 1. The first kappa shape index (κ1) is 20.4.